The number of carboxylic acid groups (broad SMARTS) is 1. The zero-order chi connectivity index (χ0) is 9.19. The second-order valence-corrected chi connectivity index (χ2v) is 3.84. The molecule has 0 atom stereocenters. The molecule has 0 aromatic carbocycles. The second-order valence-electron chi connectivity index (χ2n) is 3.84. The van der Waals surface area contributed by atoms with E-state index in [2.05, 4.69) is 6.92 Å². The summed E-state index contributed by atoms with van der Waals surface area (Å²) in [5.41, 5.74) is 0.751. The lowest BCUT2D eigenvalue weighted by molar-refractivity contribution is -0.132. The average molecular weight is 168 g/mol. The number of rotatable bonds is 3. The first kappa shape index (κ1) is 9.30. The molecule has 2 nitrogen and oxygen atoms in total. The summed E-state index contributed by atoms with van der Waals surface area (Å²) in [6, 6.07) is 0. The van der Waals surface area contributed by atoms with Crippen LogP contribution in [0, 0.1) is 5.41 Å². The van der Waals surface area contributed by atoms with Crippen molar-refractivity contribution in [3.05, 3.63) is 11.6 Å². The Kier molecular flexibility index (Phi) is 2.55. The minimum atomic E-state index is -0.759. The van der Waals surface area contributed by atoms with Gasteiger partial charge in [-0.15, -0.1) is 0 Å². The quantitative estimate of drug-likeness (QED) is 0.658. The van der Waals surface area contributed by atoms with E-state index in [0.717, 1.165) is 12.8 Å². The Morgan fingerprint density at radius 1 is 1.58 bits per heavy atom. The molecule has 0 radical (unpaired) electrons. The van der Waals surface area contributed by atoms with Crippen LogP contribution in [0.3, 0.4) is 0 Å². The van der Waals surface area contributed by atoms with Gasteiger partial charge in [-0.1, -0.05) is 26.3 Å². The van der Waals surface area contributed by atoms with Crippen molar-refractivity contribution in [2.24, 2.45) is 5.41 Å². The Morgan fingerprint density at radius 2 is 2.17 bits per heavy atom. The van der Waals surface area contributed by atoms with Crippen LogP contribution in [-0.2, 0) is 4.79 Å². The highest BCUT2D eigenvalue weighted by atomic mass is 16.4. The lowest BCUT2D eigenvalue weighted by atomic mass is 9.69. The maximum absolute atomic E-state index is 10.7. The van der Waals surface area contributed by atoms with E-state index in [9.17, 15) is 4.79 Å². The van der Waals surface area contributed by atoms with Crippen LogP contribution in [-0.4, -0.2) is 11.1 Å². The van der Waals surface area contributed by atoms with Crippen LogP contribution in [0.2, 0.25) is 0 Å². The largest absolute Gasteiger partial charge is 0.478 e. The molecule has 0 heterocycles. The van der Waals surface area contributed by atoms with Gasteiger partial charge in [0.15, 0.2) is 0 Å². The van der Waals surface area contributed by atoms with Gasteiger partial charge in [0.05, 0.1) is 0 Å². The zero-order valence-corrected chi connectivity index (χ0v) is 7.76. The van der Waals surface area contributed by atoms with Crippen molar-refractivity contribution in [2.75, 3.05) is 0 Å². The first-order valence-corrected chi connectivity index (χ1v) is 4.52. The standard InChI is InChI=1S/C10H16O2/c1-3-8(9(11)12)7-10(2)5-4-6-10/h7H,3-6H2,1-2H3,(H,11,12)/b8-7+. The molecule has 1 aliphatic carbocycles. The fourth-order valence-electron chi connectivity index (χ4n) is 1.61. The summed E-state index contributed by atoms with van der Waals surface area (Å²) >= 11 is 0. The fourth-order valence-corrected chi connectivity index (χ4v) is 1.61. The smallest absolute Gasteiger partial charge is 0.331 e. The van der Waals surface area contributed by atoms with Gasteiger partial charge in [-0.3, -0.25) is 0 Å². The van der Waals surface area contributed by atoms with Gasteiger partial charge in [0, 0.05) is 5.57 Å². The third kappa shape index (κ3) is 1.87. The lowest BCUT2D eigenvalue weighted by Crippen LogP contribution is -2.24. The van der Waals surface area contributed by atoms with Crippen LogP contribution >= 0.6 is 0 Å². The predicted molar refractivity (Wildman–Crippen MR) is 48.0 cm³/mol. The summed E-state index contributed by atoms with van der Waals surface area (Å²) in [6.45, 7) is 4.02. The molecule has 0 bridgehead atoms. The average Bonchev–Trinajstić information content (AvgIpc) is 1.96. The Balaban J connectivity index is 2.69. The highest BCUT2D eigenvalue weighted by Gasteiger charge is 2.30. The first-order chi connectivity index (χ1) is 5.57. The Hall–Kier alpha value is -0.790. The molecule has 12 heavy (non-hydrogen) atoms. The summed E-state index contributed by atoms with van der Waals surface area (Å²) in [4.78, 5) is 10.7. The van der Waals surface area contributed by atoms with Gasteiger partial charge < -0.3 is 5.11 Å². The van der Waals surface area contributed by atoms with Gasteiger partial charge in [-0.25, -0.2) is 4.79 Å². The van der Waals surface area contributed by atoms with Gasteiger partial charge in [0.1, 0.15) is 0 Å². The van der Waals surface area contributed by atoms with Crippen LogP contribution in [0.5, 0.6) is 0 Å². The van der Waals surface area contributed by atoms with Gasteiger partial charge >= 0.3 is 5.97 Å². The van der Waals surface area contributed by atoms with Gasteiger partial charge in [-0.2, -0.15) is 0 Å². The normalized spacial score (nSPS) is 21.7. The van der Waals surface area contributed by atoms with Crippen molar-refractivity contribution in [2.45, 2.75) is 39.5 Å². The monoisotopic (exact) mass is 168 g/mol. The minimum Gasteiger partial charge on any atom is -0.478 e. The first-order valence-electron chi connectivity index (χ1n) is 4.52. The van der Waals surface area contributed by atoms with Gasteiger partial charge in [-0.05, 0) is 24.7 Å². The molecular weight excluding hydrogens is 152 g/mol. The van der Waals surface area contributed by atoms with Crippen molar-refractivity contribution >= 4 is 5.97 Å². The molecule has 2 heteroatoms. The van der Waals surface area contributed by atoms with Crippen LogP contribution in [0.25, 0.3) is 0 Å². The molecule has 0 aromatic rings. The third-order valence-corrected chi connectivity index (χ3v) is 2.67. The molecule has 1 rings (SSSR count). The van der Waals surface area contributed by atoms with E-state index in [1.807, 2.05) is 13.0 Å². The van der Waals surface area contributed by atoms with E-state index in [-0.39, 0.29) is 5.41 Å². The number of hydrogen-bond acceptors (Lipinski definition) is 1. The lowest BCUT2D eigenvalue weighted by Gasteiger charge is -2.35. The van der Waals surface area contributed by atoms with E-state index in [0.29, 0.717) is 12.0 Å². The number of carbonyl (C=O) groups is 1. The maximum Gasteiger partial charge on any atom is 0.331 e. The van der Waals surface area contributed by atoms with Crippen LogP contribution in [0.1, 0.15) is 39.5 Å². The van der Waals surface area contributed by atoms with Crippen molar-refractivity contribution in [3.63, 3.8) is 0 Å². The number of allylic oxidation sites excluding steroid dienone is 1. The molecule has 0 aromatic heterocycles. The summed E-state index contributed by atoms with van der Waals surface area (Å²) in [6.07, 6.45) is 6.10. The van der Waals surface area contributed by atoms with Crippen molar-refractivity contribution < 1.29 is 9.90 Å². The molecule has 68 valence electrons. The van der Waals surface area contributed by atoms with E-state index in [1.54, 1.807) is 0 Å². The Labute approximate surface area is 73.3 Å². The SMILES string of the molecule is CC/C(=C\C1(C)CCC1)C(=O)O. The number of hydrogen-bond donors (Lipinski definition) is 1. The van der Waals surface area contributed by atoms with Crippen LogP contribution < -0.4 is 0 Å². The number of aliphatic carboxylic acids is 1. The predicted octanol–water partition coefficient (Wildman–Crippen LogP) is 2.60. The van der Waals surface area contributed by atoms with Crippen molar-refractivity contribution in [1.82, 2.24) is 0 Å². The summed E-state index contributed by atoms with van der Waals surface area (Å²) in [5, 5.41) is 8.79. The molecule has 0 amide bonds. The third-order valence-electron chi connectivity index (χ3n) is 2.67. The van der Waals surface area contributed by atoms with Crippen LogP contribution in [0.15, 0.2) is 11.6 Å². The minimum absolute atomic E-state index is 0.184. The van der Waals surface area contributed by atoms with Gasteiger partial charge in [0.2, 0.25) is 0 Å². The van der Waals surface area contributed by atoms with E-state index >= 15 is 0 Å². The highest BCUT2D eigenvalue weighted by molar-refractivity contribution is 5.86. The van der Waals surface area contributed by atoms with Crippen LogP contribution in [0.4, 0.5) is 0 Å². The van der Waals surface area contributed by atoms with Gasteiger partial charge in [0.25, 0.3) is 0 Å². The van der Waals surface area contributed by atoms with Crippen molar-refractivity contribution in [1.29, 1.82) is 0 Å². The van der Waals surface area contributed by atoms with Crippen molar-refractivity contribution in [3.8, 4) is 0 Å². The Bertz CT molecular complexity index is 212. The van der Waals surface area contributed by atoms with E-state index < -0.39 is 5.97 Å². The summed E-state index contributed by atoms with van der Waals surface area (Å²) in [7, 11) is 0. The summed E-state index contributed by atoms with van der Waals surface area (Å²) in [5.74, 6) is -0.759. The highest BCUT2D eigenvalue weighted by Crippen LogP contribution is 2.42. The Morgan fingerprint density at radius 3 is 2.42 bits per heavy atom. The molecule has 1 fully saturated rings. The van der Waals surface area contributed by atoms with E-state index in [4.69, 9.17) is 5.11 Å². The molecular formula is C10H16O2. The topological polar surface area (TPSA) is 37.3 Å². The zero-order valence-electron chi connectivity index (χ0n) is 7.76. The molecule has 0 unspecified atom stereocenters. The molecule has 0 saturated heterocycles. The molecule has 0 spiro atoms. The van der Waals surface area contributed by atoms with E-state index in [1.165, 1.54) is 6.42 Å². The molecule has 1 saturated carbocycles. The number of carboxylic acids is 1. The second kappa shape index (κ2) is 3.30. The fraction of sp³-hybridized carbons (Fsp3) is 0.700. The molecule has 1 N–H and O–H groups in total. The maximum atomic E-state index is 10.7. The summed E-state index contributed by atoms with van der Waals surface area (Å²) < 4.78 is 0. The molecule has 0 aliphatic heterocycles. The molecule has 1 aliphatic rings.